The van der Waals surface area contributed by atoms with E-state index in [-0.39, 0.29) is 5.91 Å². The zero-order valence-corrected chi connectivity index (χ0v) is 11.8. The van der Waals surface area contributed by atoms with Crippen molar-refractivity contribution >= 4 is 29.0 Å². The van der Waals surface area contributed by atoms with Crippen molar-refractivity contribution in [3.8, 4) is 0 Å². The molecule has 19 heavy (non-hydrogen) atoms. The van der Waals surface area contributed by atoms with Crippen molar-refractivity contribution in [1.82, 2.24) is 0 Å². The summed E-state index contributed by atoms with van der Waals surface area (Å²) in [6, 6.07) is 13.1. The Morgan fingerprint density at radius 2 is 1.84 bits per heavy atom. The molecule has 3 nitrogen and oxygen atoms in total. The Morgan fingerprint density at radius 1 is 1.16 bits per heavy atom. The summed E-state index contributed by atoms with van der Waals surface area (Å²) in [6.07, 6.45) is 2.00. The van der Waals surface area contributed by atoms with Crippen molar-refractivity contribution in [1.29, 1.82) is 0 Å². The second kappa shape index (κ2) is 5.80. The molecule has 0 aliphatic carbocycles. The Bertz CT molecular complexity index is 573. The summed E-state index contributed by atoms with van der Waals surface area (Å²) in [7, 11) is 0. The monoisotopic (exact) mass is 272 g/mol. The van der Waals surface area contributed by atoms with Gasteiger partial charge in [-0.05, 0) is 49.1 Å². The first-order valence-electron chi connectivity index (χ1n) is 5.92. The van der Waals surface area contributed by atoms with Gasteiger partial charge < -0.3 is 11.1 Å². The van der Waals surface area contributed by atoms with Gasteiger partial charge in [-0.2, -0.15) is 0 Å². The molecule has 0 heterocycles. The molecule has 0 unspecified atom stereocenters. The molecule has 98 valence electrons. The fraction of sp³-hybridized carbons (Fsp3) is 0.133. The topological polar surface area (TPSA) is 55.1 Å². The molecule has 4 heteroatoms. The Labute approximate surface area is 117 Å². The minimum Gasteiger partial charge on any atom is -0.397 e. The number of hydrogen-bond acceptors (Lipinski definition) is 3. The van der Waals surface area contributed by atoms with E-state index >= 15 is 0 Å². The molecule has 0 fully saturated rings. The van der Waals surface area contributed by atoms with Crippen LogP contribution < -0.4 is 11.1 Å². The predicted molar refractivity (Wildman–Crippen MR) is 81.8 cm³/mol. The van der Waals surface area contributed by atoms with Crippen LogP contribution in [-0.2, 0) is 0 Å². The number of hydrogen-bond donors (Lipinski definition) is 2. The zero-order valence-electron chi connectivity index (χ0n) is 10.9. The molecule has 0 radical (unpaired) electrons. The van der Waals surface area contributed by atoms with E-state index in [1.54, 1.807) is 17.8 Å². The summed E-state index contributed by atoms with van der Waals surface area (Å²) in [6.45, 7) is 1.92. The maximum atomic E-state index is 12.1. The van der Waals surface area contributed by atoms with Gasteiger partial charge in [-0.15, -0.1) is 11.8 Å². The van der Waals surface area contributed by atoms with E-state index in [4.69, 9.17) is 5.73 Å². The van der Waals surface area contributed by atoms with Crippen molar-refractivity contribution in [3.63, 3.8) is 0 Å². The molecule has 3 N–H and O–H groups in total. The standard InChI is InChI=1S/C15H16N2OS/c1-10-4-3-5-13(16)14(10)17-15(18)11-6-8-12(19-2)9-7-11/h3-9H,16H2,1-2H3,(H,17,18). The first kappa shape index (κ1) is 13.5. The van der Waals surface area contributed by atoms with Gasteiger partial charge in [0.05, 0.1) is 11.4 Å². The lowest BCUT2D eigenvalue weighted by molar-refractivity contribution is 0.102. The van der Waals surface area contributed by atoms with Crippen molar-refractivity contribution in [2.24, 2.45) is 0 Å². The summed E-state index contributed by atoms with van der Waals surface area (Å²) in [5.41, 5.74) is 8.71. The molecular formula is C15H16N2OS. The van der Waals surface area contributed by atoms with E-state index in [0.29, 0.717) is 16.9 Å². The summed E-state index contributed by atoms with van der Waals surface area (Å²) < 4.78 is 0. The Balaban J connectivity index is 2.20. The second-order valence-electron chi connectivity index (χ2n) is 4.22. The molecular weight excluding hydrogens is 256 g/mol. The number of benzene rings is 2. The first-order valence-corrected chi connectivity index (χ1v) is 7.15. The molecule has 0 aliphatic heterocycles. The molecule has 2 aromatic rings. The highest BCUT2D eigenvalue weighted by Gasteiger charge is 2.09. The second-order valence-corrected chi connectivity index (χ2v) is 5.10. The van der Waals surface area contributed by atoms with Gasteiger partial charge in [-0.25, -0.2) is 0 Å². The molecule has 0 atom stereocenters. The fourth-order valence-corrected chi connectivity index (χ4v) is 2.20. The summed E-state index contributed by atoms with van der Waals surface area (Å²) in [5, 5.41) is 2.86. The lowest BCUT2D eigenvalue weighted by Gasteiger charge is -2.11. The van der Waals surface area contributed by atoms with Gasteiger partial charge >= 0.3 is 0 Å². The number of anilines is 2. The number of nitrogens with two attached hydrogens (primary N) is 1. The lowest BCUT2D eigenvalue weighted by atomic mass is 10.1. The van der Waals surface area contributed by atoms with Crippen molar-refractivity contribution in [3.05, 3.63) is 53.6 Å². The zero-order chi connectivity index (χ0) is 13.8. The molecule has 0 aromatic heterocycles. The van der Waals surface area contributed by atoms with Crippen molar-refractivity contribution in [2.75, 3.05) is 17.3 Å². The molecule has 0 spiro atoms. The highest BCUT2D eigenvalue weighted by molar-refractivity contribution is 7.98. The van der Waals surface area contributed by atoms with E-state index < -0.39 is 0 Å². The summed E-state index contributed by atoms with van der Waals surface area (Å²) in [5.74, 6) is -0.145. The van der Waals surface area contributed by atoms with E-state index in [0.717, 1.165) is 10.5 Å². The largest absolute Gasteiger partial charge is 0.397 e. The van der Waals surface area contributed by atoms with E-state index in [9.17, 15) is 4.79 Å². The quantitative estimate of drug-likeness (QED) is 0.663. The number of carbonyl (C=O) groups is 1. The third-order valence-corrected chi connectivity index (χ3v) is 3.64. The molecule has 2 rings (SSSR count). The van der Waals surface area contributed by atoms with Gasteiger partial charge in [0.25, 0.3) is 5.91 Å². The predicted octanol–water partition coefficient (Wildman–Crippen LogP) is 3.55. The van der Waals surface area contributed by atoms with Crippen molar-refractivity contribution in [2.45, 2.75) is 11.8 Å². The van der Waals surface area contributed by atoms with Crippen LogP contribution in [0.5, 0.6) is 0 Å². The van der Waals surface area contributed by atoms with E-state index in [1.807, 2.05) is 49.6 Å². The Hall–Kier alpha value is -1.94. The smallest absolute Gasteiger partial charge is 0.255 e. The SMILES string of the molecule is CSc1ccc(C(=O)Nc2c(C)cccc2N)cc1. The number of aryl methyl sites for hydroxylation is 1. The van der Waals surface area contributed by atoms with Crippen LogP contribution in [0, 0.1) is 6.92 Å². The number of rotatable bonds is 3. The van der Waals surface area contributed by atoms with Gasteiger partial charge in [-0.1, -0.05) is 12.1 Å². The molecule has 0 saturated heterocycles. The number of amides is 1. The van der Waals surface area contributed by atoms with Gasteiger partial charge in [0, 0.05) is 10.5 Å². The molecule has 0 aliphatic rings. The third kappa shape index (κ3) is 3.09. The molecule has 1 amide bonds. The van der Waals surface area contributed by atoms with Crippen LogP contribution in [0.15, 0.2) is 47.4 Å². The summed E-state index contributed by atoms with van der Waals surface area (Å²) >= 11 is 1.65. The third-order valence-electron chi connectivity index (χ3n) is 2.90. The number of para-hydroxylation sites is 1. The van der Waals surface area contributed by atoms with Gasteiger partial charge in [-0.3, -0.25) is 4.79 Å². The number of nitrogens with one attached hydrogen (secondary N) is 1. The number of thioether (sulfide) groups is 1. The van der Waals surface area contributed by atoms with Crippen LogP contribution in [0.1, 0.15) is 15.9 Å². The average molecular weight is 272 g/mol. The van der Waals surface area contributed by atoms with Gasteiger partial charge in [0.2, 0.25) is 0 Å². The highest BCUT2D eigenvalue weighted by Crippen LogP contribution is 2.23. The van der Waals surface area contributed by atoms with Crippen LogP contribution >= 0.6 is 11.8 Å². The van der Waals surface area contributed by atoms with Crippen LogP contribution in [-0.4, -0.2) is 12.2 Å². The number of nitrogen functional groups attached to an aromatic ring is 1. The molecule has 0 saturated carbocycles. The molecule has 2 aromatic carbocycles. The lowest BCUT2D eigenvalue weighted by Crippen LogP contribution is -2.14. The minimum atomic E-state index is -0.145. The fourth-order valence-electron chi connectivity index (χ4n) is 1.79. The van der Waals surface area contributed by atoms with Crippen molar-refractivity contribution < 1.29 is 4.79 Å². The normalized spacial score (nSPS) is 10.2. The Kier molecular flexibility index (Phi) is 4.12. The van der Waals surface area contributed by atoms with Crippen LogP contribution in [0.4, 0.5) is 11.4 Å². The first-order chi connectivity index (χ1) is 9.11. The van der Waals surface area contributed by atoms with Crippen LogP contribution in [0.3, 0.4) is 0 Å². The maximum Gasteiger partial charge on any atom is 0.255 e. The Morgan fingerprint density at radius 3 is 2.42 bits per heavy atom. The van der Waals surface area contributed by atoms with Crippen LogP contribution in [0.25, 0.3) is 0 Å². The number of carbonyl (C=O) groups excluding carboxylic acids is 1. The van der Waals surface area contributed by atoms with Gasteiger partial charge in [0.1, 0.15) is 0 Å². The highest BCUT2D eigenvalue weighted by atomic mass is 32.2. The molecule has 0 bridgehead atoms. The maximum absolute atomic E-state index is 12.1. The van der Waals surface area contributed by atoms with Gasteiger partial charge in [0.15, 0.2) is 0 Å². The summed E-state index contributed by atoms with van der Waals surface area (Å²) in [4.78, 5) is 13.3. The minimum absolute atomic E-state index is 0.145. The van der Waals surface area contributed by atoms with E-state index in [2.05, 4.69) is 5.32 Å². The van der Waals surface area contributed by atoms with Crippen LogP contribution in [0.2, 0.25) is 0 Å². The average Bonchev–Trinajstić information content (AvgIpc) is 2.43. The van der Waals surface area contributed by atoms with E-state index in [1.165, 1.54) is 0 Å².